The topological polar surface area (TPSA) is 85.2 Å². The number of esters is 1. The number of aromatic amines is 1. The van der Waals surface area contributed by atoms with Crippen molar-refractivity contribution in [2.24, 2.45) is 0 Å². The van der Waals surface area contributed by atoms with Crippen molar-refractivity contribution in [3.8, 4) is 0 Å². The molecule has 3 rings (SSSR count). The van der Waals surface area contributed by atoms with Crippen molar-refractivity contribution < 1.29 is 23.1 Å². The van der Waals surface area contributed by atoms with E-state index in [9.17, 15) is 18.4 Å². The molecule has 0 saturated heterocycles. The van der Waals surface area contributed by atoms with Crippen molar-refractivity contribution in [3.63, 3.8) is 0 Å². The van der Waals surface area contributed by atoms with Crippen molar-refractivity contribution >= 4 is 39.9 Å². The van der Waals surface area contributed by atoms with Gasteiger partial charge in [0, 0.05) is 22.0 Å². The minimum Gasteiger partial charge on any atom is -0.462 e. The monoisotopic (exact) mass is 378 g/mol. The molecule has 0 saturated carbocycles. The van der Waals surface area contributed by atoms with Gasteiger partial charge < -0.3 is 15.5 Å². The third-order valence-corrected chi connectivity index (χ3v) is 3.97. The molecule has 0 amide bonds. The smallest absolute Gasteiger partial charge is 0.338 e. The molecule has 1 heterocycles. The highest BCUT2D eigenvalue weighted by Gasteiger charge is 2.23. The summed E-state index contributed by atoms with van der Waals surface area (Å²) < 4.78 is 31.8. The Morgan fingerprint density at radius 3 is 2.42 bits per heavy atom. The molecular formula is C18H13ClF2N2O3. The third kappa shape index (κ3) is 3.13. The molecule has 1 aromatic heterocycles. The van der Waals surface area contributed by atoms with E-state index in [1.54, 1.807) is 6.92 Å². The van der Waals surface area contributed by atoms with Crippen LogP contribution in [0.4, 0.5) is 14.5 Å². The van der Waals surface area contributed by atoms with Crippen LogP contribution < -0.4 is 5.73 Å². The van der Waals surface area contributed by atoms with Crippen LogP contribution in [0.3, 0.4) is 0 Å². The van der Waals surface area contributed by atoms with Crippen molar-refractivity contribution in [2.75, 3.05) is 12.3 Å². The van der Waals surface area contributed by atoms with Crippen molar-refractivity contribution in [3.05, 3.63) is 63.8 Å². The fourth-order valence-electron chi connectivity index (χ4n) is 2.70. The van der Waals surface area contributed by atoms with E-state index >= 15 is 0 Å². The highest BCUT2D eigenvalue weighted by atomic mass is 35.5. The van der Waals surface area contributed by atoms with Crippen LogP contribution in [0.15, 0.2) is 30.3 Å². The lowest BCUT2D eigenvalue weighted by Crippen LogP contribution is -2.07. The van der Waals surface area contributed by atoms with Gasteiger partial charge in [-0.25, -0.2) is 13.6 Å². The molecule has 0 atom stereocenters. The van der Waals surface area contributed by atoms with Crippen LogP contribution in [-0.2, 0) is 4.74 Å². The van der Waals surface area contributed by atoms with E-state index in [0.29, 0.717) is 11.6 Å². The van der Waals surface area contributed by atoms with Crippen LogP contribution in [0.1, 0.15) is 33.3 Å². The van der Waals surface area contributed by atoms with Gasteiger partial charge >= 0.3 is 5.97 Å². The van der Waals surface area contributed by atoms with Gasteiger partial charge in [0.2, 0.25) is 5.78 Å². The molecule has 2 aromatic carbocycles. The van der Waals surface area contributed by atoms with Crippen LogP contribution in [0.5, 0.6) is 0 Å². The lowest BCUT2D eigenvalue weighted by molar-refractivity contribution is 0.0528. The minimum absolute atomic E-state index is 0.0330. The van der Waals surface area contributed by atoms with Crippen LogP contribution in [-0.4, -0.2) is 23.3 Å². The Hall–Kier alpha value is -2.93. The summed E-state index contributed by atoms with van der Waals surface area (Å²) >= 11 is 6.02. The molecule has 0 radical (unpaired) electrons. The average molecular weight is 379 g/mol. The van der Waals surface area contributed by atoms with Crippen molar-refractivity contribution in [2.45, 2.75) is 6.92 Å². The first kappa shape index (κ1) is 17.9. The lowest BCUT2D eigenvalue weighted by atomic mass is 10.0. The SMILES string of the molecule is CCOC(=O)c1cc(Cl)cc2[nH]c(C(=O)c3cc(F)cc(F)c3)c(N)c12. The standard InChI is InChI=1S/C18H13ClF2N2O3/c1-2-26-18(25)12-5-9(19)6-13-14(12)15(22)16(23-13)17(24)8-3-10(20)7-11(21)4-8/h3-7,23H,2,22H2,1H3. The van der Waals surface area contributed by atoms with Crippen LogP contribution in [0.2, 0.25) is 5.02 Å². The van der Waals surface area contributed by atoms with Crippen LogP contribution in [0.25, 0.3) is 10.9 Å². The van der Waals surface area contributed by atoms with Gasteiger partial charge in [0.25, 0.3) is 0 Å². The molecule has 0 aliphatic carbocycles. The highest BCUT2D eigenvalue weighted by Crippen LogP contribution is 2.33. The molecule has 3 aromatic rings. The Morgan fingerprint density at radius 2 is 1.81 bits per heavy atom. The van der Waals surface area contributed by atoms with E-state index in [2.05, 4.69) is 4.98 Å². The van der Waals surface area contributed by atoms with E-state index in [1.165, 1.54) is 12.1 Å². The number of anilines is 1. The quantitative estimate of drug-likeness (QED) is 0.529. The van der Waals surface area contributed by atoms with E-state index in [1.807, 2.05) is 0 Å². The summed E-state index contributed by atoms with van der Waals surface area (Å²) in [6.07, 6.45) is 0. The number of aromatic nitrogens is 1. The molecule has 134 valence electrons. The molecule has 0 aliphatic rings. The predicted molar refractivity (Wildman–Crippen MR) is 93.5 cm³/mol. The fourth-order valence-corrected chi connectivity index (χ4v) is 2.92. The van der Waals surface area contributed by atoms with Gasteiger partial charge in [-0.1, -0.05) is 11.6 Å². The zero-order valence-electron chi connectivity index (χ0n) is 13.5. The molecule has 0 spiro atoms. The molecule has 8 heteroatoms. The zero-order valence-corrected chi connectivity index (χ0v) is 14.3. The number of benzene rings is 2. The molecule has 0 unspecified atom stereocenters. The van der Waals surface area contributed by atoms with Crippen molar-refractivity contribution in [1.29, 1.82) is 0 Å². The van der Waals surface area contributed by atoms with Gasteiger partial charge in [0.1, 0.15) is 17.3 Å². The normalized spacial score (nSPS) is 10.9. The number of fused-ring (bicyclic) bond motifs is 1. The molecule has 26 heavy (non-hydrogen) atoms. The number of nitrogen functional groups attached to an aromatic ring is 1. The third-order valence-electron chi connectivity index (χ3n) is 3.75. The maximum atomic E-state index is 13.4. The maximum Gasteiger partial charge on any atom is 0.338 e. The number of nitrogens with one attached hydrogen (secondary N) is 1. The number of carbonyl (C=O) groups is 2. The average Bonchev–Trinajstić information content (AvgIpc) is 2.89. The van der Waals surface area contributed by atoms with E-state index in [4.69, 9.17) is 22.1 Å². The predicted octanol–water partition coefficient (Wildman–Crippen LogP) is 4.09. The van der Waals surface area contributed by atoms with Crippen LogP contribution in [0, 0.1) is 11.6 Å². The largest absolute Gasteiger partial charge is 0.462 e. The number of ketones is 1. The summed E-state index contributed by atoms with van der Waals surface area (Å²) in [4.78, 5) is 27.6. The Kier molecular flexibility index (Phi) is 4.65. The second kappa shape index (κ2) is 6.76. The highest BCUT2D eigenvalue weighted by molar-refractivity contribution is 6.32. The Labute approximate surface area is 151 Å². The minimum atomic E-state index is -0.890. The number of carbonyl (C=O) groups excluding carboxylic acids is 2. The van der Waals surface area contributed by atoms with Gasteiger partial charge in [-0.3, -0.25) is 4.79 Å². The van der Waals surface area contributed by atoms with Crippen molar-refractivity contribution in [1.82, 2.24) is 4.98 Å². The first-order valence-electron chi connectivity index (χ1n) is 7.60. The van der Waals surface area contributed by atoms with E-state index < -0.39 is 23.4 Å². The number of ether oxygens (including phenoxy) is 1. The lowest BCUT2D eigenvalue weighted by Gasteiger charge is -2.05. The van der Waals surface area contributed by atoms with Gasteiger partial charge in [0.05, 0.1) is 23.4 Å². The second-order valence-corrected chi connectivity index (χ2v) is 5.93. The summed E-state index contributed by atoms with van der Waals surface area (Å²) in [5.74, 6) is -3.15. The maximum absolute atomic E-state index is 13.4. The van der Waals surface area contributed by atoms with E-state index in [0.717, 1.165) is 12.1 Å². The second-order valence-electron chi connectivity index (χ2n) is 5.50. The van der Waals surface area contributed by atoms with Gasteiger partial charge in [-0.05, 0) is 31.2 Å². The Morgan fingerprint density at radius 1 is 1.15 bits per heavy atom. The molecule has 5 nitrogen and oxygen atoms in total. The van der Waals surface area contributed by atoms with Gasteiger partial charge in [-0.15, -0.1) is 0 Å². The summed E-state index contributed by atoms with van der Waals surface area (Å²) in [5, 5.41) is 0.491. The number of H-pyrrole nitrogens is 1. The fraction of sp³-hybridized carbons (Fsp3) is 0.111. The number of hydrogen-bond acceptors (Lipinski definition) is 4. The zero-order chi connectivity index (χ0) is 19.0. The number of hydrogen-bond donors (Lipinski definition) is 2. The number of nitrogens with two attached hydrogens (primary N) is 1. The summed E-state index contributed by atoms with van der Waals surface area (Å²) in [7, 11) is 0. The first-order valence-corrected chi connectivity index (χ1v) is 7.98. The molecular weight excluding hydrogens is 366 g/mol. The summed E-state index contributed by atoms with van der Waals surface area (Å²) in [6.45, 7) is 1.79. The first-order chi connectivity index (χ1) is 12.3. The Balaban J connectivity index is 2.19. The van der Waals surface area contributed by atoms with Gasteiger partial charge in [0.15, 0.2) is 0 Å². The summed E-state index contributed by atoms with van der Waals surface area (Å²) in [5.41, 5.74) is 6.12. The molecule has 0 fully saturated rings. The van der Waals surface area contributed by atoms with E-state index in [-0.39, 0.29) is 39.5 Å². The van der Waals surface area contributed by atoms with Gasteiger partial charge in [-0.2, -0.15) is 0 Å². The molecule has 3 N–H and O–H groups in total. The van der Waals surface area contributed by atoms with Crippen LogP contribution >= 0.6 is 11.6 Å². The summed E-state index contributed by atoms with van der Waals surface area (Å²) in [6, 6.07) is 5.32. The number of rotatable bonds is 4. The Bertz CT molecular complexity index is 1030. The molecule has 0 bridgehead atoms. The molecule has 0 aliphatic heterocycles. The number of halogens is 3.